The van der Waals surface area contributed by atoms with E-state index >= 15 is 0 Å². The van der Waals surface area contributed by atoms with Gasteiger partial charge in [0.2, 0.25) is 0 Å². The summed E-state index contributed by atoms with van der Waals surface area (Å²) in [6.07, 6.45) is 0. The number of rotatable bonds is 1. The van der Waals surface area contributed by atoms with Crippen molar-refractivity contribution in [1.82, 2.24) is 0 Å². The third-order valence-electron chi connectivity index (χ3n) is 2.96. The van der Waals surface area contributed by atoms with Crippen molar-refractivity contribution < 1.29 is 0 Å². The van der Waals surface area contributed by atoms with Crippen molar-refractivity contribution in [2.75, 3.05) is 0 Å². The van der Waals surface area contributed by atoms with Crippen molar-refractivity contribution >= 4 is 23.2 Å². The highest BCUT2D eigenvalue weighted by Crippen LogP contribution is 2.35. The molecule has 0 radical (unpaired) electrons. The minimum absolute atomic E-state index is 0.0517. The summed E-state index contributed by atoms with van der Waals surface area (Å²) in [5.74, 6) is 0. The van der Waals surface area contributed by atoms with Gasteiger partial charge in [-0.15, -0.1) is 0 Å². The minimum atomic E-state index is 0.0517. The molecule has 0 aromatic heterocycles. The lowest BCUT2D eigenvalue weighted by molar-refractivity contribution is 0.590. The van der Waals surface area contributed by atoms with Gasteiger partial charge in [-0.05, 0) is 28.7 Å². The van der Waals surface area contributed by atoms with Crippen LogP contribution < -0.4 is 0 Å². The Hall–Kier alpha value is -0.980. The SMILES string of the molecule is CC(C)(C)c1ccc(-c2ccccc2Cl)cc1Cl. The maximum Gasteiger partial charge on any atom is 0.0484 e. The first kappa shape index (κ1) is 13.5. The monoisotopic (exact) mass is 278 g/mol. The Kier molecular flexibility index (Phi) is 3.70. The van der Waals surface area contributed by atoms with Crippen LogP contribution in [0.3, 0.4) is 0 Å². The number of halogens is 2. The first-order valence-corrected chi connectivity index (χ1v) is 6.70. The van der Waals surface area contributed by atoms with Crippen molar-refractivity contribution in [3.63, 3.8) is 0 Å². The Morgan fingerprint density at radius 3 is 2.06 bits per heavy atom. The smallest absolute Gasteiger partial charge is 0.0484 e. The van der Waals surface area contributed by atoms with Gasteiger partial charge in [-0.1, -0.05) is 74.3 Å². The van der Waals surface area contributed by atoms with E-state index in [1.807, 2.05) is 30.3 Å². The van der Waals surface area contributed by atoms with E-state index in [4.69, 9.17) is 23.2 Å². The molecule has 0 atom stereocenters. The molecule has 2 aromatic carbocycles. The van der Waals surface area contributed by atoms with E-state index in [2.05, 4.69) is 32.9 Å². The van der Waals surface area contributed by atoms with Gasteiger partial charge in [0.15, 0.2) is 0 Å². The summed E-state index contributed by atoms with van der Waals surface area (Å²) in [6, 6.07) is 14.0. The predicted molar refractivity (Wildman–Crippen MR) is 80.6 cm³/mol. The molecule has 0 spiro atoms. The van der Waals surface area contributed by atoms with Crippen LogP contribution in [0, 0.1) is 0 Å². The first-order valence-electron chi connectivity index (χ1n) is 5.94. The summed E-state index contributed by atoms with van der Waals surface area (Å²) in [4.78, 5) is 0. The molecule has 94 valence electrons. The van der Waals surface area contributed by atoms with Crippen molar-refractivity contribution in [3.8, 4) is 11.1 Å². The lowest BCUT2D eigenvalue weighted by atomic mass is 9.86. The third kappa shape index (κ3) is 2.71. The second kappa shape index (κ2) is 4.95. The molecule has 0 saturated carbocycles. The van der Waals surface area contributed by atoms with Gasteiger partial charge in [-0.3, -0.25) is 0 Å². The van der Waals surface area contributed by atoms with E-state index in [1.165, 1.54) is 0 Å². The third-order valence-corrected chi connectivity index (χ3v) is 3.60. The van der Waals surface area contributed by atoms with Crippen LogP contribution in [0.4, 0.5) is 0 Å². The molecule has 0 fully saturated rings. The van der Waals surface area contributed by atoms with Crippen molar-refractivity contribution in [1.29, 1.82) is 0 Å². The molecule has 0 unspecified atom stereocenters. The maximum atomic E-state index is 6.37. The summed E-state index contributed by atoms with van der Waals surface area (Å²) in [5, 5.41) is 1.54. The van der Waals surface area contributed by atoms with Gasteiger partial charge in [-0.2, -0.15) is 0 Å². The van der Waals surface area contributed by atoms with E-state index in [-0.39, 0.29) is 5.41 Å². The maximum absolute atomic E-state index is 6.37. The summed E-state index contributed by atoms with van der Waals surface area (Å²) in [6.45, 7) is 6.47. The predicted octanol–water partition coefficient (Wildman–Crippen LogP) is 5.96. The van der Waals surface area contributed by atoms with Gasteiger partial charge in [0, 0.05) is 15.6 Å². The van der Waals surface area contributed by atoms with Crippen LogP contribution in [-0.2, 0) is 5.41 Å². The highest BCUT2D eigenvalue weighted by molar-refractivity contribution is 6.34. The Bertz CT molecular complexity index is 566. The van der Waals surface area contributed by atoms with Crippen LogP contribution in [-0.4, -0.2) is 0 Å². The van der Waals surface area contributed by atoms with Crippen LogP contribution in [0.15, 0.2) is 42.5 Å². The Morgan fingerprint density at radius 2 is 1.50 bits per heavy atom. The fourth-order valence-electron chi connectivity index (χ4n) is 1.99. The summed E-state index contributed by atoms with van der Waals surface area (Å²) in [7, 11) is 0. The topological polar surface area (TPSA) is 0 Å². The molecule has 0 nitrogen and oxygen atoms in total. The van der Waals surface area contributed by atoms with Crippen LogP contribution in [0.2, 0.25) is 10.0 Å². The first-order chi connectivity index (χ1) is 8.39. The molecule has 0 aliphatic rings. The average molecular weight is 279 g/mol. The Balaban J connectivity index is 2.51. The molecular formula is C16H16Cl2. The summed E-state index contributed by atoms with van der Waals surface area (Å²) >= 11 is 12.6. The molecule has 0 heterocycles. The fraction of sp³-hybridized carbons (Fsp3) is 0.250. The molecule has 2 aromatic rings. The van der Waals surface area contributed by atoms with Crippen molar-refractivity contribution in [3.05, 3.63) is 58.1 Å². The second-order valence-corrected chi connectivity index (χ2v) is 6.24. The summed E-state index contributed by atoms with van der Waals surface area (Å²) < 4.78 is 0. The highest BCUT2D eigenvalue weighted by Gasteiger charge is 2.17. The largest absolute Gasteiger partial charge is 0.0840 e. The fourth-order valence-corrected chi connectivity index (χ4v) is 2.70. The zero-order valence-electron chi connectivity index (χ0n) is 10.8. The molecule has 0 N–H and O–H groups in total. The van der Waals surface area contributed by atoms with E-state index in [9.17, 15) is 0 Å². The lowest BCUT2D eigenvalue weighted by Gasteiger charge is -2.21. The quantitative estimate of drug-likeness (QED) is 0.604. The molecule has 0 saturated heterocycles. The van der Waals surface area contributed by atoms with Crippen LogP contribution in [0.1, 0.15) is 26.3 Å². The van der Waals surface area contributed by atoms with Crippen molar-refractivity contribution in [2.24, 2.45) is 0 Å². The average Bonchev–Trinajstić information content (AvgIpc) is 2.27. The van der Waals surface area contributed by atoms with Gasteiger partial charge in [0.25, 0.3) is 0 Å². The second-order valence-electron chi connectivity index (χ2n) is 5.42. The molecule has 2 rings (SSSR count). The van der Waals surface area contributed by atoms with Gasteiger partial charge in [0.1, 0.15) is 0 Å². The van der Waals surface area contributed by atoms with Crippen LogP contribution in [0.5, 0.6) is 0 Å². The molecular weight excluding hydrogens is 263 g/mol. The molecule has 18 heavy (non-hydrogen) atoms. The van der Waals surface area contributed by atoms with Crippen molar-refractivity contribution in [2.45, 2.75) is 26.2 Å². The number of hydrogen-bond acceptors (Lipinski definition) is 0. The van der Waals surface area contributed by atoms with E-state index in [1.54, 1.807) is 0 Å². The summed E-state index contributed by atoms with van der Waals surface area (Å²) in [5.41, 5.74) is 3.27. The van der Waals surface area contributed by atoms with Gasteiger partial charge in [-0.25, -0.2) is 0 Å². The zero-order valence-corrected chi connectivity index (χ0v) is 12.3. The van der Waals surface area contributed by atoms with Crippen LogP contribution >= 0.6 is 23.2 Å². The molecule has 0 bridgehead atoms. The Labute approximate surface area is 119 Å². The zero-order chi connectivity index (χ0) is 13.3. The molecule has 2 heteroatoms. The molecule has 0 aliphatic carbocycles. The van der Waals surface area contributed by atoms with Gasteiger partial charge >= 0.3 is 0 Å². The standard InChI is InChI=1S/C16H16Cl2/c1-16(2,3)13-9-8-11(10-15(13)18)12-6-4-5-7-14(12)17/h4-10H,1-3H3. The van der Waals surface area contributed by atoms with Gasteiger partial charge < -0.3 is 0 Å². The van der Waals surface area contributed by atoms with Gasteiger partial charge in [0.05, 0.1) is 0 Å². The minimum Gasteiger partial charge on any atom is -0.0840 e. The number of hydrogen-bond donors (Lipinski definition) is 0. The van der Waals surface area contributed by atoms with E-state index in [0.29, 0.717) is 0 Å². The molecule has 0 amide bonds. The normalized spacial score (nSPS) is 11.6. The van der Waals surface area contributed by atoms with E-state index in [0.717, 1.165) is 26.7 Å². The van der Waals surface area contributed by atoms with E-state index < -0.39 is 0 Å². The number of benzene rings is 2. The molecule has 0 aliphatic heterocycles. The highest BCUT2D eigenvalue weighted by atomic mass is 35.5. The lowest BCUT2D eigenvalue weighted by Crippen LogP contribution is -2.11. The Morgan fingerprint density at radius 1 is 0.833 bits per heavy atom. The van der Waals surface area contributed by atoms with Crippen LogP contribution in [0.25, 0.3) is 11.1 Å².